The van der Waals surface area contributed by atoms with Gasteiger partial charge in [0.25, 0.3) is 0 Å². The van der Waals surface area contributed by atoms with Gasteiger partial charge >= 0.3 is 0 Å². The average molecular weight is 222 g/mol. The van der Waals surface area contributed by atoms with Gasteiger partial charge in [-0.25, -0.2) is 0 Å². The van der Waals surface area contributed by atoms with Crippen LogP contribution >= 0.6 is 11.8 Å². The Hall–Kier alpha value is -1.29. The molecule has 1 aromatic heterocycles. The Morgan fingerprint density at radius 3 is 3.00 bits per heavy atom. The van der Waals surface area contributed by atoms with E-state index < -0.39 is 0 Å². The minimum absolute atomic E-state index is 0.161. The molecular weight excluding hydrogens is 208 g/mol. The highest BCUT2D eigenvalue weighted by molar-refractivity contribution is 8.13. The standard InChI is InChI=1S/C11H14N2OS/c1-9(14)15-7-3-2-4-11-6-5-10(12)8-13-11/h2,4-6,8H,3,7,12H2,1H3. The number of nitrogens with two attached hydrogens (primary N) is 1. The molecule has 80 valence electrons. The second-order valence-electron chi connectivity index (χ2n) is 3.05. The number of hydrogen-bond acceptors (Lipinski definition) is 4. The van der Waals surface area contributed by atoms with Crippen LogP contribution in [-0.4, -0.2) is 15.9 Å². The zero-order valence-electron chi connectivity index (χ0n) is 8.64. The third-order valence-corrected chi connectivity index (χ3v) is 2.53. The molecule has 1 heterocycles. The van der Waals surface area contributed by atoms with Crippen LogP contribution in [0.25, 0.3) is 6.08 Å². The zero-order chi connectivity index (χ0) is 11.1. The lowest BCUT2D eigenvalue weighted by Crippen LogP contribution is -1.87. The van der Waals surface area contributed by atoms with Crippen LogP contribution in [0.1, 0.15) is 19.0 Å². The van der Waals surface area contributed by atoms with E-state index in [2.05, 4.69) is 4.98 Å². The van der Waals surface area contributed by atoms with Crippen molar-refractivity contribution in [3.05, 3.63) is 30.1 Å². The van der Waals surface area contributed by atoms with Gasteiger partial charge < -0.3 is 5.73 Å². The van der Waals surface area contributed by atoms with Gasteiger partial charge in [-0.1, -0.05) is 17.8 Å². The lowest BCUT2D eigenvalue weighted by atomic mass is 10.3. The predicted molar refractivity (Wildman–Crippen MR) is 65.4 cm³/mol. The number of allylic oxidation sites excluding steroid dienone is 1. The first-order valence-electron chi connectivity index (χ1n) is 4.70. The molecule has 3 nitrogen and oxygen atoms in total. The van der Waals surface area contributed by atoms with Crippen molar-refractivity contribution in [3.63, 3.8) is 0 Å². The fraction of sp³-hybridized carbons (Fsp3) is 0.273. The highest BCUT2D eigenvalue weighted by atomic mass is 32.2. The number of anilines is 1. The number of thioether (sulfide) groups is 1. The second-order valence-corrected chi connectivity index (χ2v) is 4.32. The van der Waals surface area contributed by atoms with Gasteiger partial charge in [0, 0.05) is 12.7 Å². The van der Waals surface area contributed by atoms with Crippen LogP contribution in [0.15, 0.2) is 24.4 Å². The predicted octanol–water partition coefficient (Wildman–Crippen LogP) is 2.35. The van der Waals surface area contributed by atoms with E-state index in [4.69, 9.17) is 5.73 Å². The maximum atomic E-state index is 10.6. The van der Waals surface area contributed by atoms with Crippen molar-refractivity contribution in [2.45, 2.75) is 13.3 Å². The zero-order valence-corrected chi connectivity index (χ0v) is 9.46. The van der Waals surface area contributed by atoms with Gasteiger partial charge in [0.2, 0.25) is 0 Å². The first-order chi connectivity index (χ1) is 7.18. The van der Waals surface area contributed by atoms with E-state index in [-0.39, 0.29) is 5.12 Å². The Labute approximate surface area is 93.8 Å². The summed E-state index contributed by atoms with van der Waals surface area (Å²) in [7, 11) is 0. The molecule has 0 aliphatic heterocycles. The number of nitrogen functional groups attached to an aromatic ring is 1. The first kappa shape index (κ1) is 11.8. The van der Waals surface area contributed by atoms with Gasteiger partial charge in [-0.3, -0.25) is 9.78 Å². The average Bonchev–Trinajstić information content (AvgIpc) is 2.20. The van der Waals surface area contributed by atoms with Gasteiger partial charge in [0.15, 0.2) is 5.12 Å². The number of rotatable bonds is 4. The number of aromatic nitrogens is 1. The van der Waals surface area contributed by atoms with Crippen molar-refractivity contribution in [1.82, 2.24) is 4.98 Å². The minimum Gasteiger partial charge on any atom is -0.397 e. The summed E-state index contributed by atoms with van der Waals surface area (Å²) >= 11 is 1.34. The van der Waals surface area contributed by atoms with Crippen LogP contribution in [0.3, 0.4) is 0 Å². The Morgan fingerprint density at radius 2 is 2.40 bits per heavy atom. The molecule has 0 spiro atoms. The molecule has 0 radical (unpaired) electrons. The monoisotopic (exact) mass is 222 g/mol. The Balaban J connectivity index is 2.32. The van der Waals surface area contributed by atoms with E-state index >= 15 is 0 Å². The van der Waals surface area contributed by atoms with Gasteiger partial charge in [-0.05, 0) is 24.6 Å². The summed E-state index contributed by atoms with van der Waals surface area (Å²) in [5.41, 5.74) is 7.06. The number of pyridine rings is 1. The maximum Gasteiger partial charge on any atom is 0.185 e. The van der Waals surface area contributed by atoms with Crippen molar-refractivity contribution in [1.29, 1.82) is 0 Å². The Morgan fingerprint density at radius 1 is 1.60 bits per heavy atom. The fourth-order valence-electron chi connectivity index (χ4n) is 0.990. The molecule has 0 bridgehead atoms. The largest absolute Gasteiger partial charge is 0.397 e. The number of nitrogens with zero attached hydrogens (tertiary/aromatic N) is 1. The Kier molecular flexibility index (Phi) is 4.90. The Bertz CT molecular complexity index is 346. The molecule has 15 heavy (non-hydrogen) atoms. The molecule has 0 aromatic carbocycles. The molecule has 0 aliphatic rings. The smallest absolute Gasteiger partial charge is 0.185 e. The highest BCUT2D eigenvalue weighted by Gasteiger charge is 1.91. The van der Waals surface area contributed by atoms with Crippen molar-refractivity contribution in [2.24, 2.45) is 0 Å². The molecule has 0 atom stereocenters. The SMILES string of the molecule is CC(=O)SCCC=Cc1ccc(N)cn1. The molecule has 2 N–H and O–H groups in total. The lowest BCUT2D eigenvalue weighted by molar-refractivity contribution is -0.109. The van der Waals surface area contributed by atoms with Gasteiger partial charge in [0.05, 0.1) is 17.6 Å². The minimum atomic E-state index is 0.161. The van der Waals surface area contributed by atoms with Gasteiger partial charge in [-0.2, -0.15) is 0 Å². The molecule has 0 fully saturated rings. The number of carbonyl (C=O) groups is 1. The van der Waals surface area contributed by atoms with Gasteiger partial charge in [0.1, 0.15) is 0 Å². The van der Waals surface area contributed by atoms with E-state index in [1.807, 2.05) is 24.3 Å². The van der Waals surface area contributed by atoms with Crippen LogP contribution < -0.4 is 5.73 Å². The van der Waals surface area contributed by atoms with Crippen LogP contribution in [-0.2, 0) is 4.79 Å². The molecule has 0 saturated heterocycles. The summed E-state index contributed by atoms with van der Waals surface area (Å²) in [6.45, 7) is 1.58. The summed E-state index contributed by atoms with van der Waals surface area (Å²) in [5.74, 6) is 0.820. The summed E-state index contributed by atoms with van der Waals surface area (Å²) in [6.07, 6.45) is 6.44. The molecule has 4 heteroatoms. The molecular formula is C11H14N2OS. The normalized spacial score (nSPS) is 10.7. The van der Waals surface area contributed by atoms with E-state index in [9.17, 15) is 4.79 Å². The van der Waals surface area contributed by atoms with Crippen LogP contribution in [0.5, 0.6) is 0 Å². The molecule has 0 unspecified atom stereocenters. The number of carbonyl (C=O) groups excluding carboxylic acids is 1. The maximum absolute atomic E-state index is 10.6. The quantitative estimate of drug-likeness (QED) is 0.794. The molecule has 1 aromatic rings. The van der Waals surface area contributed by atoms with Crippen molar-refractivity contribution in [2.75, 3.05) is 11.5 Å². The second kappa shape index (κ2) is 6.24. The summed E-state index contributed by atoms with van der Waals surface area (Å²) in [4.78, 5) is 14.8. The highest BCUT2D eigenvalue weighted by Crippen LogP contribution is 2.06. The third-order valence-electron chi connectivity index (χ3n) is 1.69. The summed E-state index contributed by atoms with van der Waals surface area (Å²) < 4.78 is 0. The molecule has 0 amide bonds. The summed E-state index contributed by atoms with van der Waals surface area (Å²) in [5, 5.41) is 0.161. The van der Waals surface area contributed by atoms with Crippen LogP contribution in [0.2, 0.25) is 0 Å². The van der Waals surface area contributed by atoms with E-state index in [1.54, 1.807) is 13.1 Å². The third kappa shape index (κ3) is 5.22. The van der Waals surface area contributed by atoms with Crippen molar-refractivity contribution < 1.29 is 4.79 Å². The molecule has 1 rings (SSSR count). The van der Waals surface area contributed by atoms with Crippen LogP contribution in [0.4, 0.5) is 5.69 Å². The molecule has 0 saturated carbocycles. The topological polar surface area (TPSA) is 56.0 Å². The first-order valence-corrected chi connectivity index (χ1v) is 5.68. The summed E-state index contributed by atoms with van der Waals surface area (Å²) in [6, 6.07) is 3.68. The van der Waals surface area contributed by atoms with E-state index in [1.165, 1.54) is 11.8 Å². The fourth-order valence-corrected chi connectivity index (χ4v) is 1.53. The lowest BCUT2D eigenvalue weighted by Gasteiger charge is -1.94. The number of hydrogen-bond donors (Lipinski definition) is 1. The van der Waals surface area contributed by atoms with E-state index in [0.29, 0.717) is 5.69 Å². The molecule has 0 aliphatic carbocycles. The van der Waals surface area contributed by atoms with Gasteiger partial charge in [-0.15, -0.1) is 0 Å². The van der Waals surface area contributed by atoms with Crippen molar-refractivity contribution in [3.8, 4) is 0 Å². The van der Waals surface area contributed by atoms with E-state index in [0.717, 1.165) is 17.9 Å². The van der Waals surface area contributed by atoms with Crippen molar-refractivity contribution >= 4 is 28.6 Å². The van der Waals surface area contributed by atoms with Crippen LogP contribution in [0, 0.1) is 0 Å².